The van der Waals surface area contributed by atoms with Gasteiger partial charge in [-0.3, -0.25) is 0 Å². The summed E-state index contributed by atoms with van der Waals surface area (Å²) in [6, 6.07) is 0. The van der Waals surface area contributed by atoms with E-state index in [-0.39, 0.29) is 0 Å². The van der Waals surface area contributed by atoms with Crippen molar-refractivity contribution in [2.24, 2.45) is 0 Å². The Balaban J connectivity index is 2.63. The summed E-state index contributed by atoms with van der Waals surface area (Å²) in [5.41, 5.74) is 0. The van der Waals surface area contributed by atoms with Crippen molar-refractivity contribution in [3.8, 4) is 0 Å². The molecule has 72 valence electrons. The molecule has 0 aliphatic carbocycles. The van der Waals surface area contributed by atoms with Gasteiger partial charge in [0.15, 0.2) is 6.29 Å². The molecule has 0 radical (unpaired) electrons. The molecule has 1 fully saturated rings. The highest BCUT2D eigenvalue weighted by molar-refractivity contribution is 4.87. The van der Waals surface area contributed by atoms with Crippen molar-refractivity contribution in [3.05, 3.63) is 0 Å². The molecule has 1 aliphatic heterocycles. The third kappa shape index (κ3) is 1.58. The quantitative estimate of drug-likeness (QED) is 0.274. The maximum atomic E-state index is 9.12. The van der Waals surface area contributed by atoms with Crippen LogP contribution < -0.4 is 0 Å². The van der Waals surface area contributed by atoms with Gasteiger partial charge in [-0.1, -0.05) is 0 Å². The summed E-state index contributed by atoms with van der Waals surface area (Å²) in [4.78, 5) is 0. The van der Waals surface area contributed by atoms with E-state index in [1.54, 1.807) is 0 Å². The Hall–Kier alpha value is -0.240. The van der Waals surface area contributed by atoms with Crippen LogP contribution >= 0.6 is 0 Å². The lowest BCUT2D eigenvalue weighted by Gasteiger charge is -2.37. The molecule has 0 aromatic carbocycles. The van der Waals surface area contributed by atoms with Crippen LogP contribution in [0.1, 0.15) is 0 Å². The molecule has 5 atom stereocenters. The molecule has 0 aromatic rings. The summed E-state index contributed by atoms with van der Waals surface area (Å²) in [6.07, 6.45) is -7.04. The van der Waals surface area contributed by atoms with E-state index in [0.717, 1.165) is 0 Å². The zero-order valence-electron chi connectivity index (χ0n) is 6.24. The Labute approximate surface area is 68.6 Å². The fourth-order valence-corrected chi connectivity index (χ4v) is 1.08. The van der Waals surface area contributed by atoms with Crippen LogP contribution in [0, 0.1) is 0 Å². The highest BCUT2D eigenvalue weighted by Gasteiger charge is 2.42. The average Bonchev–Trinajstić information content (AvgIpc) is 2.08. The Morgan fingerprint density at radius 1 is 0.917 bits per heavy atom. The maximum Gasteiger partial charge on any atom is 0.184 e. The van der Waals surface area contributed by atoms with Crippen LogP contribution in [0.5, 0.6) is 0 Å². The molecule has 1 heterocycles. The van der Waals surface area contributed by atoms with Gasteiger partial charge in [0.05, 0.1) is 6.61 Å². The van der Waals surface area contributed by atoms with Gasteiger partial charge in [0, 0.05) is 0 Å². The number of aliphatic hydroxyl groups is 5. The van der Waals surface area contributed by atoms with Gasteiger partial charge in [-0.15, -0.1) is 0 Å². The molecular formula is C6H12O6. The van der Waals surface area contributed by atoms with Crippen molar-refractivity contribution in [2.45, 2.75) is 30.7 Å². The summed E-state index contributed by atoms with van der Waals surface area (Å²) in [7, 11) is 0. The first-order chi connectivity index (χ1) is 5.57. The second kappa shape index (κ2) is 3.65. The first-order valence-corrected chi connectivity index (χ1v) is 3.56. The maximum absolute atomic E-state index is 9.12. The first kappa shape index (κ1) is 9.85. The molecule has 0 bridgehead atoms. The van der Waals surface area contributed by atoms with Crippen LogP contribution in [0.4, 0.5) is 0 Å². The second-order valence-electron chi connectivity index (χ2n) is 2.72. The summed E-state index contributed by atoms with van der Waals surface area (Å²) in [5, 5.41) is 44.7. The average molecular weight is 184 g/mol. The van der Waals surface area contributed by atoms with Gasteiger partial charge >= 0.3 is 0 Å². The molecule has 6 heteroatoms. The minimum absolute atomic E-state index is 0.526. The highest BCUT2D eigenvalue weighted by atomic mass is 16.8. The monoisotopic (exact) mass is 184 g/mol. The lowest BCUT2D eigenvalue weighted by Crippen LogP contribution is -2.58. The van der Waals surface area contributed by atoms with Crippen molar-refractivity contribution in [2.75, 3.05) is 6.61 Å². The number of ether oxygens (including phenoxy) is 1. The van der Waals surface area contributed by atoms with Crippen molar-refractivity contribution in [1.82, 2.24) is 0 Å². The van der Waals surface area contributed by atoms with Gasteiger partial charge in [0.1, 0.15) is 24.4 Å². The lowest BCUT2D eigenvalue weighted by molar-refractivity contribution is -0.286. The molecule has 0 spiro atoms. The van der Waals surface area contributed by atoms with Crippen molar-refractivity contribution in [3.63, 3.8) is 0 Å². The van der Waals surface area contributed by atoms with E-state index in [1.807, 2.05) is 0 Å². The van der Waals surface area contributed by atoms with Crippen molar-refractivity contribution >= 4 is 0 Å². The van der Waals surface area contributed by atoms with Gasteiger partial charge in [-0.05, 0) is 0 Å². The minimum atomic E-state index is -1.57. The molecular weight excluding hydrogens is 172 g/mol. The largest absolute Gasteiger partial charge is 0.394 e. The predicted octanol–water partition coefficient (Wildman–Crippen LogP) is -3.22. The molecule has 6 nitrogen and oxygen atoms in total. The number of hydrogen-bond donors (Lipinski definition) is 5. The van der Waals surface area contributed by atoms with Crippen LogP contribution in [0.2, 0.25) is 0 Å². The third-order valence-corrected chi connectivity index (χ3v) is 1.87. The molecule has 1 unspecified atom stereocenters. The van der Waals surface area contributed by atoms with E-state index < -0.39 is 37.3 Å². The van der Waals surface area contributed by atoms with Crippen LogP contribution in [0.3, 0.4) is 0 Å². The second-order valence-corrected chi connectivity index (χ2v) is 2.72. The predicted molar refractivity (Wildman–Crippen MR) is 36.0 cm³/mol. The Morgan fingerprint density at radius 3 is 2.00 bits per heavy atom. The zero-order chi connectivity index (χ0) is 9.30. The number of rotatable bonds is 1. The standard InChI is InChI=1S/C6H12O6/c7-1-2-3(8)4(9)5(10)6(11)12-2/h2-11H,1H2/t2-,3-,4+,5-,6?/m1/s1/i1+1,2+1,5+1,6+1. The molecule has 5 N–H and O–H groups in total. The Morgan fingerprint density at radius 2 is 1.50 bits per heavy atom. The van der Waals surface area contributed by atoms with Gasteiger partial charge < -0.3 is 30.3 Å². The summed E-state index contributed by atoms with van der Waals surface area (Å²) >= 11 is 0. The summed E-state index contributed by atoms with van der Waals surface area (Å²) in [5.74, 6) is 0. The van der Waals surface area contributed by atoms with Gasteiger partial charge in [-0.2, -0.15) is 0 Å². The van der Waals surface area contributed by atoms with E-state index in [2.05, 4.69) is 4.74 Å². The van der Waals surface area contributed by atoms with E-state index in [0.29, 0.717) is 0 Å². The van der Waals surface area contributed by atoms with Crippen LogP contribution in [0.15, 0.2) is 0 Å². The lowest BCUT2D eigenvalue weighted by atomic mass is 10.3. The van der Waals surface area contributed by atoms with Gasteiger partial charge in [0.25, 0.3) is 0 Å². The van der Waals surface area contributed by atoms with Crippen LogP contribution in [-0.4, -0.2) is 62.8 Å². The molecule has 1 rings (SSSR count). The Bertz CT molecular complexity index is 146. The molecule has 0 saturated carbocycles. The van der Waals surface area contributed by atoms with Crippen LogP contribution in [-0.2, 0) is 4.74 Å². The highest BCUT2D eigenvalue weighted by Crippen LogP contribution is 2.18. The summed E-state index contributed by atoms with van der Waals surface area (Å²) < 4.78 is 4.58. The van der Waals surface area contributed by atoms with Gasteiger partial charge in [-0.25, -0.2) is 0 Å². The molecule has 0 aromatic heterocycles. The molecule has 1 saturated heterocycles. The SMILES string of the molecule is O[13CH2][13C@H]1O[13CH](O)[13C@H](O)[C@@H](O)[C@@H]1O. The van der Waals surface area contributed by atoms with E-state index in [1.165, 1.54) is 0 Å². The van der Waals surface area contributed by atoms with Crippen LogP contribution in [0.25, 0.3) is 0 Å². The van der Waals surface area contributed by atoms with E-state index in [4.69, 9.17) is 25.5 Å². The fourth-order valence-electron chi connectivity index (χ4n) is 1.08. The molecule has 12 heavy (non-hydrogen) atoms. The van der Waals surface area contributed by atoms with Crippen molar-refractivity contribution in [1.29, 1.82) is 0 Å². The summed E-state index contributed by atoms with van der Waals surface area (Å²) in [6.45, 7) is -0.526. The number of aliphatic hydroxyl groups excluding tert-OH is 5. The Kier molecular flexibility index (Phi) is 2.99. The molecule has 0 amide bonds. The fraction of sp³-hybridized carbons (Fsp3) is 1.00. The topological polar surface area (TPSA) is 110 Å². The third-order valence-electron chi connectivity index (χ3n) is 1.87. The van der Waals surface area contributed by atoms with Crippen molar-refractivity contribution < 1.29 is 30.3 Å². The van der Waals surface area contributed by atoms with Gasteiger partial charge in [0.2, 0.25) is 0 Å². The van der Waals surface area contributed by atoms with E-state index >= 15 is 0 Å². The minimum Gasteiger partial charge on any atom is -0.394 e. The first-order valence-electron chi connectivity index (χ1n) is 3.56. The number of hydrogen-bond acceptors (Lipinski definition) is 6. The zero-order valence-corrected chi connectivity index (χ0v) is 6.24. The smallest absolute Gasteiger partial charge is 0.184 e. The molecule has 1 aliphatic rings. The normalized spacial score (nSPS) is 49.2. The van der Waals surface area contributed by atoms with E-state index in [9.17, 15) is 0 Å².